The topological polar surface area (TPSA) is 66.6 Å². The normalized spacial score (nSPS) is 18.2. The zero-order valence-corrected chi connectivity index (χ0v) is 16.2. The molecule has 4 nitrogen and oxygen atoms in total. The largest absolute Gasteiger partial charge is 0.389 e. The van der Waals surface area contributed by atoms with Crippen LogP contribution in [0.3, 0.4) is 0 Å². The van der Waals surface area contributed by atoms with E-state index in [1.807, 2.05) is 42.5 Å². The number of piperidine rings is 1. The van der Waals surface area contributed by atoms with E-state index in [0.717, 1.165) is 38.0 Å². The van der Waals surface area contributed by atoms with Crippen molar-refractivity contribution in [2.45, 2.75) is 37.3 Å². The summed E-state index contributed by atoms with van der Waals surface area (Å²) in [5.74, 6) is -0.00754. The van der Waals surface area contributed by atoms with E-state index in [4.69, 9.17) is 17.3 Å². The highest BCUT2D eigenvalue weighted by atomic mass is 35.5. The average molecular weight is 387 g/mol. The zero-order valence-electron chi connectivity index (χ0n) is 15.5. The molecular formula is C22H27ClN2O2. The average Bonchev–Trinajstić information content (AvgIpc) is 2.69. The van der Waals surface area contributed by atoms with Crippen molar-refractivity contribution in [3.63, 3.8) is 0 Å². The summed E-state index contributed by atoms with van der Waals surface area (Å²) < 4.78 is 0. The lowest BCUT2D eigenvalue weighted by Gasteiger charge is -2.38. The van der Waals surface area contributed by atoms with E-state index in [-0.39, 0.29) is 5.78 Å². The fourth-order valence-electron chi connectivity index (χ4n) is 3.62. The molecule has 1 heterocycles. The van der Waals surface area contributed by atoms with Crippen LogP contribution in [0, 0.1) is 0 Å². The first-order valence-corrected chi connectivity index (χ1v) is 9.87. The molecule has 2 aromatic carbocycles. The molecule has 0 spiro atoms. The Kier molecular flexibility index (Phi) is 6.66. The summed E-state index contributed by atoms with van der Waals surface area (Å²) in [6.45, 7) is 2.41. The Hall–Kier alpha value is -1.72. The van der Waals surface area contributed by atoms with Crippen molar-refractivity contribution < 1.29 is 9.90 Å². The Bertz CT molecular complexity index is 741. The molecule has 1 aliphatic heterocycles. The van der Waals surface area contributed by atoms with Gasteiger partial charge in [-0.3, -0.25) is 4.79 Å². The molecule has 0 aliphatic carbocycles. The monoisotopic (exact) mass is 386 g/mol. The van der Waals surface area contributed by atoms with E-state index in [9.17, 15) is 9.90 Å². The van der Waals surface area contributed by atoms with Crippen LogP contribution < -0.4 is 5.73 Å². The van der Waals surface area contributed by atoms with Crippen molar-refractivity contribution in [1.82, 2.24) is 4.90 Å². The summed E-state index contributed by atoms with van der Waals surface area (Å²) in [7, 11) is 0. The number of carbonyl (C=O) groups is 1. The predicted octanol–water partition coefficient (Wildman–Crippen LogP) is 3.31. The van der Waals surface area contributed by atoms with Crippen LogP contribution in [0.25, 0.3) is 0 Å². The Morgan fingerprint density at radius 1 is 1.11 bits per heavy atom. The molecule has 1 fully saturated rings. The number of halogens is 1. The predicted molar refractivity (Wildman–Crippen MR) is 109 cm³/mol. The molecule has 0 amide bonds. The molecule has 1 unspecified atom stereocenters. The SMILES string of the molecule is NC(CCN1CCC(O)(Cc2ccc(Cl)cc2)CC1)C(=O)c1ccccc1. The third kappa shape index (κ3) is 5.63. The summed E-state index contributed by atoms with van der Waals surface area (Å²) in [5, 5.41) is 11.6. The molecular weight excluding hydrogens is 360 g/mol. The lowest BCUT2D eigenvalue weighted by molar-refractivity contribution is -0.0209. The van der Waals surface area contributed by atoms with Crippen LogP contribution in [0.4, 0.5) is 0 Å². The minimum Gasteiger partial charge on any atom is -0.389 e. The van der Waals surface area contributed by atoms with Gasteiger partial charge in [-0.05, 0) is 37.0 Å². The number of ketones is 1. The fourth-order valence-corrected chi connectivity index (χ4v) is 3.75. The minimum atomic E-state index is -0.674. The molecule has 5 heteroatoms. The molecule has 3 N–H and O–H groups in total. The van der Waals surface area contributed by atoms with E-state index in [1.165, 1.54) is 0 Å². The summed E-state index contributed by atoms with van der Waals surface area (Å²) >= 11 is 5.93. The van der Waals surface area contributed by atoms with Gasteiger partial charge in [0.15, 0.2) is 5.78 Å². The second kappa shape index (κ2) is 8.98. The van der Waals surface area contributed by atoms with Crippen LogP contribution in [0.5, 0.6) is 0 Å². The number of Topliss-reactive ketones (excluding diaryl/α,β-unsaturated/α-hetero) is 1. The van der Waals surface area contributed by atoms with Gasteiger partial charge in [0, 0.05) is 36.6 Å². The second-order valence-electron chi connectivity index (χ2n) is 7.49. The van der Waals surface area contributed by atoms with Crippen molar-refractivity contribution in [2.75, 3.05) is 19.6 Å². The zero-order chi connectivity index (χ0) is 19.3. The smallest absolute Gasteiger partial charge is 0.179 e. The Balaban J connectivity index is 1.45. The Labute approximate surface area is 165 Å². The van der Waals surface area contributed by atoms with Crippen LogP contribution in [0.15, 0.2) is 54.6 Å². The molecule has 144 valence electrons. The number of hydrogen-bond donors (Lipinski definition) is 2. The van der Waals surface area contributed by atoms with Crippen molar-refractivity contribution in [3.05, 3.63) is 70.7 Å². The molecule has 1 atom stereocenters. The maximum absolute atomic E-state index is 12.4. The van der Waals surface area contributed by atoms with Crippen molar-refractivity contribution in [1.29, 1.82) is 0 Å². The molecule has 1 saturated heterocycles. The maximum Gasteiger partial charge on any atom is 0.179 e. The molecule has 27 heavy (non-hydrogen) atoms. The number of nitrogens with zero attached hydrogens (tertiary/aromatic N) is 1. The first-order valence-electron chi connectivity index (χ1n) is 9.49. The van der Waals surface area contributed by atoms with Gasteiger partial charge in [-0.1, -0.05) is 54.1 Å². The number of carbonyl (C=O) groups excluding carboxylic acids is 1. The fraction of sp³-hybridized carbons (Fsp3) is 0.409. The van der Waals surface area contributed by atoms with E-state index in [0.29, 0.717) is 23.4 Å². The van der Waals surface area contributed by atoms with Crippen molar-refractivity contribution in [3.8, 4) is 0 Å². The number of likely N-dealkylation sites (tertiary alicyclic amines) is 1. The maximum atomic E-state index is 12.4. The molecule has 3 rings (SSSR count). The van der Waals surface area contributed by atoms with Gasteiger partial charge in [-0.15, -0.1) is 0 Å². The Morgan fingerprint density at radius 3 is 2.37 bits per heavy atom. The van der Waals surface area contributed by atoms with E-state index < -0.39 is 11.6 Å². The highest BCUT2D eigenvalue weighted by Crippen LogP contribution is 2.27. The van der Waals surface area contributed by atoms with Gasteiger partial charge in [0.2, 0.25) is 0 Å². The van der Waals surface area contributed by atoms with Crippen LogP contribution in [-0.4, -0.2) is 47.1 Å². The number of nitrogens with two attached hydrogens (primary N) is 1. The van der Waals surface area contributed by atoms with Crippen LogP contribution in [0.1, 0.15) is 35.2 Å². The van der Waals surface area contributed by atoms with E-state index in [1.54, 1.807) is 12.1 Å². The first kappa shape index (κ1) is 20.0. The standard InChI is InChI=1S/C22H27ClN2O2/c23-19-8-6-17(7-9-19)16-22(27)11-14-25(15-12-22)13-10-20(24)21(26)18-4-2-1-3-5-18/h1-9,20,27H,10-16,24H2. The van der Waals surface area contributed by atoms with Crippen LogP contribution >= 0.6 is 11.6 Å². The number of benzene rings is 2. The van der Waals surface area contributed by atoms with Crippen molar-refractivity contribution >= 4 is 17.4 Å². The van der Waals surface area contributed by atoms with E-state index in [2.05, 4.69) is 4.90 Å². The Morgan fingerprint density at radius 2 is 1.74 bits per heavy atom. The molecule has 2 aromatic rings. The second-order valence-corrected chi connectivity index (χ2v) is 7.93. The lowest BCUT2D eigenvalue weighted by atomic mass is 9.85. The summed E-state index contributed by atoms with van der Waals surface area (Å²) in [5.41, 5.74) is 7.19. The van der Waals surface area contributed by atoms with Gasteiger partial charge in [0.25, 0.3) is 0 Å². The minimum absolute atomic E-state index is 0.00754. The molecule has 0 bridgehead atoms. The van der Waals surface area contributed by atoms with Gasteiger partial charge in [-0.2, -0.15) is 0 Å². The van der Waals surface area contributed by atoms with Gasteiger partial charge in [0.05, 0.1) is 11.6 Å². The summed E-state index contributed by atoms with van der Waals surface area (Å²) in [6, 6.07) is 16.4. The number of aliphatic hydroxyl groups is 1. The van der Waals surface area contributed by atoms with E-state index >= 15 is 0 Å². The highest BCUT2D eigenvalue weighted by molar-refractivity contribution is 6.30. The third-order valence-electron chi connectivity index (χ3n) is 5.38. The summed E-state index contributed by atoms with van der Waals surface area (Å²) in [4.78, 5) is 14.6. The molecule has 0 saturated carbocycles. The number of hydrogen-bond acceptors (Lipinski definition) is 4. The van der Waals surface area contributed by atoms with Gasteiger partial charge in [-0.25, -0.2) is 0 Å². The lowest BCUT2D eigenvalue weighted by Crippen LogP contribution is -2.47. The van der Waals surface area contributed by atoms with Gasteiger partial charge < -0.3 is 15.7 Å². The molecule has 0 aromatic heterocycles. The highest BCUT2D eigenvalue weighted by Gasteiger charge is 2.32. The summed E-state index contributed by atoms with van der Waals surface area (Å²) in [6.07, 6.45) is 2.71. The van der Waals surface area contributed by atoms with Crippen molar-refractivity contribution in [2.24, 2.45) is 5.73 Å². The quantitative estimate of drug-likeness (QED) is 0.716. The van der Waals surface area contributed by atoms with Crippen LogP contribution in [0.2, 0.25) is 5.02 Å². The molecule has 0 radical (unpaired) electrons. The first-order chi connectivity index (χ1) is 13.0. The third-order valence-corrected chi connectivity index (χ3v) is 5.64. The van der Waals surface area contributed by atoms with Crippen LogP contribution in [-0.2, 0) is 6.42 Å². The van der Waals surface area contributed by atoms with Gasteiger partial charge >= 0.3 is 0 Å². The number of rotatable bonds is 7. The molecule has 1 aliphatic rings. The van der Waals surface area contributed by atoms with Gasteiger partial charge in [0.1, 0.15) is 0 Å².